The SMILES string of the molecule is NCC1CCC(C(=O)N[C@@H](Cc2cccc(Oc3ccccc3)c2)C(=O)Nc2ccncc2)CC1. The Morgan fingerprint density at radius 1 is 0.943 bits per heavy atom. The predicted molar refractivity (Wildman–Crippen MR) is 136 cm³/mol. The zero-order chi connectivity index (χ0) is 24.5. The number of nitrogens with one attached hydrogen (secondary N) is 2. The highest BCUT2D eigenvalue weighted by molar-refractivity contribution is 5.97. The number of aromatic nitrogens is 1. The van der Waals surface area contributed by atoms with Crippen LogP contribution in [0.3, 0.4) is 0 Å². The Bertz CT molecular complexity index is 1100. The summed E-state index contributed by atoms with van der Waals surface area (Å²) in [6, 6.07) is 19.8. The summed E-state index contributed by atoms with van der Waals surface area (Å²) in [5.74, 6) is 1.45. The fourth-order valence-corrected chi connectivity index (χ4v) is 4.42. The molecule has 0 spiro atoms. The van der Waals surface area contributed by atoms with Crippen molar-refractivity contribution in [2.45, 2.75) is 38.1 Å². The highest BCUT2D eigenvalue weighted by Gasteiger charge is 2.29. The first-order chi connectivity index (χ1) is 17.1. The lowest BCUT2D eigenvalue weighted by Crippen LogP contribution is -2.48. The van der Waals surface area contributed by atoms with Crippen molar-refractivity contribution in [3.8, 4) is 11.5 Å². The van der Waals surface area contributed by atoms with E-state index < -0.39 is 6.04 Å². The smallest absolute Gasteiger partial charge is 0.247 e. The van der Waals surface area contributed by atoms with Crippen molar-refractivity contribution < 1.29 is 14.3 Å². The van der Waals surface area contributed by atoms with Gasteiger partial charge in [-0.3, -0.25) is 14.6 Å². The number of nitrogens with two attached hydrogens (primary N) is 1. The number of ether oxygens (including phenoxy) is 1. The summed E-state index contributed by atoms with van der Waals surface area (Å²) < 4.78 is 5.95. The lowest BCUT2D eigenvalue weighted by molar-refractivity contribution is -0.130. The molecule has 1 saturated carbocycles. The number of para-hydroxylation sites is 1. The molecule has 1 aliphatic carbocycles. The first-order valence-corrected chi connectivity index (χ1v) is 12.1. The molecule has 7 heteroatoms. The Kier molecular flexibility index (Phi) is 8.46. The fraction of sp³-hybridized carbons (Fsp3) is 0.321. The molecule has 1 aliphatic rings. The van der Waals surface area contributed by atoms with Crippen LogP contribution in [-0.2, 0) is 16.0 Å². The molecule has 2 amide bonds. The minimum Gasteiger partial charge on any atom is -0.457 e. The van der Waals surface area contributed by atoms with Gasteiger partial charge in [-0.1, -0.05) is 30.3 Å². The highest BCUT2D eigenvalue weighted by Crippen LogP contribution is 2.28. The Hall–Kier alpha value is -3.71. The van der Waals surface area contributed by atoms with Crippen molar-refractivity contribution >= 4 is 17.5 Å². The molecule has 7 nitrogen and oxygen atoms in total. The number of benzene rings is 2. The van der Waals surface area contributed by atoms with Crippen LogP contribution in [0.15, 0.2) is 79.1 Å². The largest absolute Gasteiger partial charge is 0.457 e. The standard InChI is InChI=1S/C28H32N4O3/c29-19-20-9-11-22(12-10-20)27(33)32-26(28(34)31-23-13-15-30-16-14-23)18-21-5-4-8-25(17-21)35-24-6-2-1-3-7-24/h1-8,13-17,20,22,26H,9-12,18-19,29H2,(H,32,33)(H,30,31,34)/t20?,22?,26-/m0/s1. The monoisotopic (exact) mass is 472 g/mol. The van der Waals surface area contributed by atoms with Gasteiger partial charge in [0.05, 0.1) is 0 Å². The number of rotatable bonds is 9. The van der Waals surface area contributed by atoms with Crippen LogP contribution in [0.4, 0.5) is 5.69 Å². The van der Waals surface area contributed by atoms with Crippen molar-refractivity contribution in [3.63, 3.8) is 0 Å². The molecule has 0 bridgehead atoms. The van der Waals surface area contributed by atoms with E-state index in [1.54, 1.807) is 24.5 Å². The van der Waals surface area contributed by atoms with Gasteiger partial charge in [-0.2, -0.15) is 0 Å². The molecule has 0 aliphatic heterocycles. The Morgan fingerprint density at radius 3 is 2.37 bits per heavy atom. The number of amides is 2. The summed E-state index contributed by atoms with van der Waals surface area (Å²) >= 11 is 0. The minimum absolute atomic E-state index is 0.0768. The van der Waals surface area contributed by atoms with E-state index in [1.807, 2.05) is 54.6 Å². The van der Waals surface area contributed by atoms with E-state index in [0.717, 1.165) is 37.0 Å². The minimum atomic E-state index is -0.727. The summed E-state index contributed by atoms with van der Waals surface area (Å²) in [4.78, 5) is 30.3. The van der Waals surface area contributed by atoms with Gasteiger partial charge in [-0.05, 0) is 80.1 Å². The molecule has 1 atom stereocenters. The predicted octanol–water partition coefficient (Wildman–Crippen LogP) is 4.31. The molecule has 0 saturated heterocycles. The highest BCUT2D eigenvalue weighted by atomic mass is 16.5. The molecule has 0 radical (unpaired) electrons. The molecule has 1 heterocycles. The van der Waals surface area contributed by atoms with Crippen molar-refractivity contribution in [1.82, 2.24) is 10.3 Å². The van der Waals surface area contributed by atoms with Gasteiger partial charge in [0.2, 0.25) is 11.8 Å². The van der Waals surface area contributed by atoms with Gasteiger partial charge in [0, 0.05) is 30.4 Å². The van der Waals surface area contributed by atoms with Crippen molar-refractivity contribution in [2.24, 2.45) is 17.6 Å². The van der Waals surface area contributed by atoms with E-state index in [1.165, 1.54) is 0 Å². The maximum Gasteiger partial charge on any atom is 0.247 e. The molecule has 3 aromatic rings. The number of carbonyl (C=O) groups is 2. The van der Waals surface area contributed by atoms with Crippen LogP contribution in [-0.4, -0.2) is 29.4 Å². The van der Waals surface area contributed by atoms with E-state index in [-0.39, 0.29) is 17.7 Å². The summed E-state index contributed by atoms with van der Waals surface area (Å²) in [5.41, 5.74) is 7.32. The third-order valence-electron chi connectivity index (χ3n) is 6.45. The van der Waals surface area contributed by atoms with E-state index in [2.05, 4.69) is 15.6 Å². The number of anilines is 1. The molecule has 35 heavy (non-hydrogen) atoms. The van der Waals surface area contributed by atoms with Crippen LogP contribution in [0, 0.1) is 11.8 Å². The third kappa shape index (κ3) is 7.13. The first-order valence-electron chi connectivity index (χ1n) is 12.1. The number of nitrogens with zero attached hydrogens (tertiary/aromatic N) is 1. The maximum absolute atomic E-state index is 13.2. The van der Waals surface area contributed by atoms with E-state index >= 15 is 0 Å². The van der Waals surface area contributed by atoms with Crippen LogP contribution >= 0.6 is 0 Å². The average Bonchev–Trinajstić information content (AvgIpc) is 2.89. The van der Waals surface area contributed by atoms with Crippen LogP contribution in [0.2, 0.25) is 0 Å². The molecule has 4 N–H and O–H groups in total. The van der Waals surface area contributed by atoms with Crippen LogP contribution in [0.5, 0.6) is 11.5 Å². The van der Waals surface area contributed by atoms with Crippen LogP contribution < -0.4 is 21.1 Å². The number of hydrogen-bond donors (Lipinski definition) is 3. The number of carbonyl (C=O) groups excluding carboxylic acids is 2. The fourth-order valence-electron chi connectivity index (χ4n) is 4.42. The number of hydrogen-bond acceptors (Lipinski definition) is 5. The maximum atomic E-state index is 13.2. The van der Waals surface area contributed by atoms with Crippen molar-refractivity contribution in [3.05, 3.63) is 84.7 Å². The first kappa shape index (κ1) is 24.4. The van der Waals surface area contributed by atoms with Gasteiger partial charge in [-0.25, -0.2) is 0 Å². The Balaban J connectivity index is 1.47. The Labute approximate surface area is 206 Å². The topological polar surface area (TPSA) is 106 Å². The molecule has 2 aromatic carbocycles. The molecular weight excluding hydrogens is 440 g/mol. The van der Waals surface area contributed by atoms with Crippen LogP contribution in [0.25, 0.3) is 0 Å². The second kappa shape index (κ2) is 12.1. The van der Waals surface area contributed by atoms with Gasteiger partial charge in [0.15, 0.2) is 0 Å². The van der Waals surface area contributed by atoms with Crippen LogP contribution in [0.1, 0.15) is 31.2 Å². The molecule has 1 fully saturated rings. The van der Waals surface area contributed by atoms with Gasteiger partial charge >= 0.3 is 0 Å². The van der Waals surface area contributed by atoms with E-state index in [4.69, 9.17) is 10.5 Å². The van der Waals surface area contributed by atoms with E-state index in [0.29, 0.717) is 30.3 Å². The molecule has 1 aromatic heterocycles. The number of pyridine rings is 1. The van der Waals surface area contributed by atoms with Crippen molar-refractivity contribution in [1.29, 1.82) is 0 Å². The molecular formula is C28H32N4O3. The third-order valence-corrected chi connectivity index (χ3v) is 6.45. The molecule has 4 rings (SSSR count). The quantitative estimate of drug-likeness (QED) is 0.430. The normalized spacial score (nSPS) is 18.3. The summed E-state index contributed by atoms with van der Waals surface area (Å²) in [5, 5.41) is 5.92. The average molecular weight is 473 g/mol. The van der Waals surface area contributed by atoms with Gasteiger partial charge in [0.1, 0.15) is 17.5 Å². The zero-order valence-corrected chi connectivity index (χ0v) is 19.7. The van der Waals surface area contributed by atoms with E-state index in [9.17, 15) is 9.59 Å². The summed E-state index contributed by atoms with van der Waals surface area (Å²) in [6.07, 6.45) is 7.06. The lowest BCUT2D eigenvalue weighted by Gasteiger charge is -2.28. The molecule has 182 valence electrons. The zero-order valence-electron chi connectivity index (χ0n) is 19.7. The van der Waals surface area contributed by atoms with Gasteiger partial charge < -0.3 is 21.1 Å². The van der Waals surface area contributed by atoms with Gasteiger partial charge in [-0.15, -0.1) is 0 Å². The second-order valence-corrected chi connectivity index (χ2v) is 9.01. The lowest BCUT2D eigenvalue weighted by atomic mass is 9.81. The summed E-state index contributed by atoms with van der Waals surface area (Å²) in [7, 11) is 0. The Morgan fingerprint density at radius 2 is 1.66 bits per heavy atom. The van der Waals surface area contributed by atoms with Gasteiger partial charge in [0.25, 0.3) is 0 Å². The van der Waals surface area contributed by atoms with Crippen molar-refractivity contribution in [2.75, 3.05) is 11.9 Å². The molecule has 0 unspecified atom stereocenters. The summed E-state index contributed by atoms with van der Waals surface area (Å²) in [6.45, 7) is 0.659. The second-order valence-electron chi connectivity index (χ2n) is 9.01.